The lowest BCUT2D eigenvalue weighted by atomic mass is 10.2. The number of methoxy groups -OCH3 is 1. The highest BCUT2D eigenvalue weighted by Gasteiger charge is 2.38. The molecule has 0 bridgehead atoms. The van der Waals surface area contributed by atoms with Crippen LogP contribution in [0, 0.1) is 0 Å². The molecule has 0 atom stereocenters. The summed E-state index contributed by atoms with van der Waals surface area (Å²) in [5, 5.41) is 17.0. The van der Waals surface area contributed by atoms with E-state index in [9.17, 15) is 13.2 Å². The highest BCUT2D eigenvalue weighted by molar-refractivity contribution is 7.99. The summed E-state index contributed by atoms with van der Waals surface area (Å²) in [6.07, 6.45) is 1.13. The Morgan fingerprint density at radius 1 is 1.43 bits per heavy atom. The smallest absolute Gasteiger partial charge is 0.313 e. The van der Waals surface area contributed by atoms with Gasteiger partial charge in [0.2, 0.25) is 0 Å². The third kappa shape index (κ3) is 4.17. The van der Waals surface area contributed by atoms with Crippen molar-refractivity contribution in [2.45, 2.75) is 30.3 Å². The molecular weight excluding hydrogens is 318 g/mol. The number of aromatic nitrogens is 3. The minimum Gasteiger partial charge on any atom is -0.481 e. The third-order valence-corrected chi connectivity index (χ3v) is 6.01. The number of carboxylic acid groups (broad SMARTS) is 1. The molecule has 0 aliphatic heterocycles. The van der Waals surface area contributed by atoms with Crippen LogP contribution in [-0.4, -0.2) is 60.0 Å². The Morgan fingerprint density at radius 2 is 2.05 bits per heavy atom. The second kappa shape index (κ2) is 6.75. The second-order valence-electron chi connectivity index (χ2n) is 4.92. The Hall–Kier alpha value is -1.13. The van der Waals surface area contributed by atoms with E-state index in [2.05, 4.69) is 10.2 Å². The van der Waals surface area contributed by atoms with Gasteiger partial charge in [0.1, 0.15) is 4.75 Å². The molecule has 1 aromatic heterocycles. The molecule has 0 aliphatic carbocycles. The van der Waals surface area contributed by atoms with Crippen LogP contribution >= 0.6 is 11.8 Å². The van der Waals surface area contributed by atoms with E-state index < -0.39 is 20.6 Å². The molecule has 0 saturated carbocycles. The topological polar surface area (TPSA) is 111 Å². The van der Waals surface area contributed by atoms with Gasteiger partial charge in [0.05, 0.1) is 12.4 Å². The first-order valence-corrected chi connectivity index (χ1v) is 8.95. The predicted molar refractivity (Wildman–Crippen MR) is 78.1 cm³/mol. The van der Waals surface area contributed by atoms with Gasteiger partial charge in [0.25, 0.3) is 0 Å². The number of nitrogens with zero attached hydrogens (tertiary/aromatic N) is 3. The zero-order chi connectivity index (χ0) is 16.3. The van der Waals surface area contributed by atoms with Crippen LogP contribution in [-0.2, 0) is 30.7 Å². The van der Waals surface area contributed by atoms with Gasteiger partial charge in [-0.25, -0.2) is 8.42 Å². The number of carbonyl (C=O) groups is 1. The van der Waals surface area contributed by atoms with E-state index in [0.717, 1.165) is 18.0 Å². The standard InChI is InChI=1S/C11H19N3O5S2/c1-11(2,21(4,17)18)9-12-13-10(20-7-8(15)16)14(9)5-6-19-3/h5-7H2,1-4H3,(H,15,16). The fraction of sp³-hybridized carbons (Fsp3) is 0.727. The lowest BCUT2D eigenvalue weighted by molar-refractivity contribution is -0.133. The largest absolute Gasteiger partial charge is 0.481 e. The Bertz CT molecular complexity index is 609. The van der Waals surface area contributed by atoms with Crippen molar-refractivity contribution in [2.75, 3.05) is 25.7 Å². The molecule has 0 spiro atoms. The molecule has 120 valence electrons. The normalized spacial score (nSPS) is 12.6. The van der Waals surface area contributed by atoms with E-state index in [1.165, 1.54) is 7.11 Å². The van der Waals surface area contributed by atoms with Crippen molar-refractivity contribution in [3.05, 3.63) is 5.82 Å². The molecule has 0 saturated heterocycles. The van der Waals surface area contributed by atoms with Crippen LogP contribution in [0.3, 0.4) is 0 Å². The van der Waals surface area contributed by atoms with Gasteiger partial charge >= 0.3 is 5.97 Å². The monoisotopic (exact) mass is 337 g/mol. The summed E-state index contributed by atoms with van der Waals surface area (Å²) in [6.45, 7) is 3.77. The molecule has 1 N–H and O–H groups in total. The van der Waals surface area contributed by atoms with Crippen molar-refractivity contribution in [1.29, 1.82) is 0 Å². The highest BCUT2D eigenvalue weighted by Crippen LogP contribution is 2.30. The zero-order valence-corrected chi connectivity index (χ0v) is 14.0. The molecule has 1 aromatic rings. The van der Waals surface area contributed by atoms with Gasteiger partial charge < -0.3 is 14.4 Å². The van der Waals surface area contributed by atoms with Gasteiger partial charge in [-0.15, -0.1) is 10.2 Å². The van der Waals surface area contributed by atoms with E-state index in [1.807, 2.05) is 0 Å². The first-order chi connectivity index (χ1) is 9.61. The summed E-state index contributed by atoms with van der Waals surface area (Å²) in [6, 6.07) is 0. The summed E-state index contributed by atoms with van der Waals surface area (Å²) in [4.78, 5) is 10.7. The first-order valence-electron chi connectivity index (χ1n) is 6.08. The van der Waals surface area contributed by atoms with Crippen LogP contribution in [0.4, 0.5) is 0 Å². The maximum Gasteiger partial charge on any atom is 0.313 e. The van der Waals surface area contributed by atoms with Crippen LogP contribution in [0.15, 0.2) is 5.16 Å². The molecule has 1 heterocycles. The lowest BCUT2D eigenvalue weighted by Crippen LogP contribution is -2.32. The van der Waals surface area contributed by atoms with E-state index in [4.69, 9.17) is 9.84 Å². The van der Waals surface area contributed by atoms with E-state index in [1.54, 1.807) is 18.4 Å². The van der Waals surface area contributed by atoms with Gasteiger partial charge in [-0.3, -0.25) is 4.79 Å². The summed E-state index contributed by atoms with van der Waals surface area (Å²) >= 11 is 0.993. The fourth-order valence-electron chi connectivity index (χ4n) is 1.52. The molecular formula is C11H19N3O5S2. The molecule has 0 radical (unpaired) electrons. The van der Waals surface area contributed by atoms with E-state index in [0.29, 0.717) is 18.3 Å². The van der Waals surface area contributed by atoms with Crippen molar-refractivity contribution >= 4 is 27.6 Å². The van der Waals surface area contributed by atoms with Crippen molar-refractivity contribution < 1.29 is 23.1 Å². The van der Waals surface area contributed by atoms with Crippen molar-refractivity contribution in [3.8, 4) is 0 Å². The minimum absolute atomic E-state index is 0.176. The van der Waals surface area contributed by atoms with Crippen molar-refractivity contribution in [1.82, 2.24) is 14.8 Å². The van der Waals surface area contributed by atoms with E-state index >= 15 is 0 Å². The molecule has 1 rings (SSSR count). The maximum atomic E-state index is 11.9. The zero-order valence-electron chi connectivity index (χ0n) is 12.4. The van der Waals surface area contributed by atoms with Crippen LogP contribution < -0.4 is 0 Å². The van der Waals surface area contributed by atoms with Gasteiger partial charge in [-0.2, -0.15) is 0 Å². The Morgan fingerprint density at radius 3 is 2.52 bits per heavy atom. The van der Waals surface area contributed by atoms with Crippen LogP contribution in [0.25, 0.3) is 0 Å². The molecule has 0 fully saturated rings. The fourth-order valence-corrected chi connectivity index (χ4v) is 2.68. The van der Waals surface area contributed by atoms with Gasteiger partial charge in [-0.1, -0.05) is 11.8 Å². The number of hydrogen-bond acceptors (Lipinski definition) is 7. The molecule has 8 nitrogen and oxygen atoms in total. The molecule has 21 heavy (non-hydrogen) atoms. The molecule has 0 amide bonds. The average Bonchev–Trinajstić information content (AvgIpc) is 2.75. The van der Waals surface area contributed by atoms with Gasteiger partial charge in [-0.05, 0) is 13.8 Å². The van der Waals surface area contributed by atoms with Crippen molar-refractivity contribution in [2.24, 2.45) is 0 Å². The summed E-state index contributed by atoms with van der Waals surface area (Å²) in [5.74, 6) is -0.884. The van der Waals surface area contributed by atoms with Crippen molar-refractivity contribution in [3.63, 3.8) is 0 Å². The SMILES string of the molecule is COCCn1c(SCC(=O)O)nnc1C(C)(C)S(C)(=O)=O. The number of aliphatic carboxylic acids is 1. The van der Waals surface area contributed by atoms with Gasteiger partial charge in [0.15, 0.2) is 20.8 Å². The highest BCUT2D eigenvalue weighted by atomic mass is 32.2. The summed E-state index contributed by atoms with van der Waals surface area (Å²) in [7, 11) is -1.89. The first kappa shape index (κ1) is 17.9. The van der Waals surface area contributed by atoms with Crippen LogP contribution in [0.1, 0.15) is 19.7 Å². The molecule has 0 aliphatic rings. The van der Waals surface area contributed by atoms with Crippen LogP contribution in [0.2, 0.25) is 0 Å². The molecule has 10 heteroatoms. The Labute approximate surface area is 127 Å². The number of hydrogen-bond donors (Lipinski definition) is 1. The Kier molecular flexibility index (Phi) is 5.76. The number of thioether (sulfide) groups is 1. The lowest BCUT2D eigenvalue weighted by Gasteiger charge is -2.22. The number of ether oxygens (including phenoxy) is 1. The summed E-state index contributed by atoms with van der Waals surface area (Å²) in [5.41, 5.74) is 0. The molecule has 0 unspecified atom stereocenters. The van der Waals surface area contributed by atoms with Gasteiger partial charge in [0, 0.05) is 19.9 Å². The Balaban J connectivity index is 3.23. The number of carboxylic acids is 1. The second-order valence-corrected chi connectivity index (χ2v) is 8.42. The predicted octanol–water partition coefficient (Wildman–Crippen LogP) is 0.381. The molecule has 0 aromatic carbocycles. The third-order valence-electron chi connectivity index (χ3n) is 3.03. The number of rotatable bonds is 8. The minimum atomic E-state index is -3.41. The average molecular weight is 337 g/mol. The maximum absolute atomic E-state index is 11.9. The number of sulfone groups is 1. The summed E-state index contributed by atoms with van der Waals surface area (Å²) < 4.78 is 29.2. The van der Waals surface area contributed by atoms with Crippen LogP contribution in [0.5, 0.6) is 0 Å². The van der Waals surface area contributed by atoms with E-state index in [-0.39, 0.29) is 11.6 Å². The quantitative estimate of drug-likeness (QED) is 0.678.